The van der Waals surface area contributed by atoms with Crippen molar-refractivity contribution in [3.05, 3.63) is 64.6 Å². The van der Waals surface area contributed by atoms with Gasteiger partial charge in [0.25, 0.3) is 11.5 Å². The summed E-state index contributed by atoms with van der Waals surface area (Å²) in [7, 11) is 0. The summed E-state index contributed by atoms with van der Waals surface area (Å²) in [5, 5.41) is 16.4. The molecule has 2 N–H and O–H groups in total. The first-order valence-electron chi connectivity index (χ1n) is 9.34. The molecule has 0 unspecified atom stereocenters. The summed E-state index contributed by atoms with van der Waals surface area (Å²) in [5.74, 6) is -0.905. The van der Waals surface area contributed by atoms with Crippen molar-refractivity contribution in [2.45, 2.75) is 13.5 Å². The van der Waals surface area contributed by atoms with Crippen LogP contribution in [0.1, 0.15) is 17.4 Å². The molecule has 9 heteroatoms. The van der Waals surface area contributed by atoms with Gasteiger partial charge >= 0.3 is 5.97 Å². The fourth-order valence-corrected chi connectivity index (χ4v) is 2.87. The van der Waals surface area contributed by atoms with Crippen LogP contribution >= 0.6 is 0 Å². The van der Waals surface area contributed by atoms with Crippen LogP contribution in [-0.2, 0) is 16.1 Å². The zero-order chi connectivity index (χ0) is 21.5. The number of nitrogens with zero attached hydrogens (tertiary/aromatic N) is 2. The van der Waals surface area contributed by atoms with Crippen molar-refractivity contribution in [3.8, 4) is 5.75 Å². The molecule has 0 radical (unpaired) electrons. The zero-order valence-electron chi connectivity index (χ0n) is 16.3. The predicted molar refractivity (Wildman–Crippen MR) is 110 cm³/mol. The quantitative estimate of drug-likeness (QED) is 0.540. The number of hydrogen-bond donors (Lipinski definition) is 2. The van der Waals surface area contributed by atoms with Crippen LogP contribution in [0.2, 0.25) is 0 Å². The largest absolute Gasteiger partial charge is 0.492 e. The molecule has 3 rings (SSSR count). The Kier molecular flexibility index (Phi) is 6.76. The van der Waals surface area contributed by atoms with Gasteiger partial charge in [-0.15, -0.1) is 0 Å². The number of rotatable bonds is 8. The molecule has 2 aromatic carbocycles. The van der Waals surface area contributed by atoms with Crippen LogP contribution in [0.5, 0.6) is 5.75 Å². The van der Waals surface area contributed by atoms with Gasteiger partial charge in [0.1, 0.15) is 5.75 Å². The molecule has 0 aliphatic heterocycles. The molecule has 0 bridgehead atoms. The predicted octanol–water partition coefficient (Wildman–Crippen LogP) is 1.58. The normalized spacial score (nSPS) is 10.6. The topological polar surface area (TPSA) is 120 Å². The minimum Gasteiger partial charge on any atom is -0.492 e. The highest BCUT2D eigenvalue weighted by Gasteiger charge is 2.19. The molecule has 0 saturated heterocycles. The highest BCUT2D eigenvalue weighted by molar-refractivity contribution is 6.03. The van der Waals surface area contributed by atoms with Gasteiger partial charge < -0.3 is 19.9 Å². The second kappa shape index (κ2) is 9.66. The van der Waals surface area contributed by atoms with E-state index >= 15 is 0 Å². The first-order chi connectivity index (χ1) is 14.5. The summed E-state index contributed by atoms with van der Waals surface area (Å²) in [5.41, 5.74) is -0.0805. The average Bonchev–Trinajstić information content (AvgIpc) is 2.76. The van der Waals surface area contributed by atoms with Gasteiger partial charge in [-0.2, -0.15) is 5.10 Å². The number of hydrogen-bond acceptors (Lipinski definition) is 7. The van der Waals surface area contributed by atoms with E-state index in [1.165, 1.54) is 0 Å². The highest BCUT2D eigenvalue weighted by Crippen LogP contribution is 2.23. The number of aliphatic hydroxyl groups is 1. The molecule has 1 aromatic heterocycles. The third-order valence-electron chi connectivity index (χ3n) is 4.17. The molecule has 0 saturated carbocycles. The third kappa shape index (κ3) is 4.64. The lowest BCUT2D eigenvalue weighted by atomic mass is 10.1. The van der Waals surface area contributed by atoms with Gasteiger partial charge in [0.2, 0.25) is 0 Å². The number of aliphatic hydroxyl groups excluding tert-OH is 1. The number of ether oxygens (including phenoxy) is 2. The van der Waals surface area contributed by atoms with Crippen LogP contribution in [-0.4, -0.2) is 46.6 Å². The summed E-state index contributed by atoms with van der Waals surface area (Å²) >= 11 is 0. The molecule has 0 fully saturated rings. The fraction of sp³-hybridized carbons (Fsp3) is 0.238. The average molecular weight is 411 g/mol. The van der Waals surface area contributed by atoms with Crippen molar-refractivity contribution in [2.24, 2.45) is 0 Å². The summed E-state index contributed by atoms with van der Waals surface area (Å²) in [6.45, 7) is 1.33. The van der Waals surface area contributed by atoms with E-state index < -0.39 is 24.0 Å². The number of aromatic nitrogens is 2. The van der Waals surface area contributed by atoms with Gasteiger partial charge in [-0.25, -0.2) is 9.48 Å². The van der Waals surface area contributed by atoms with Crippen LogP contribution in [0.25, 0.3) is 10.8 Å². The molecule has 1 amide bonds. The Labute approximate surface area is 171 Å². The van der Waals surface area contributed by atoms with E-state index in [0.29, 0.717) is 23.4 Å². The Morgan fingerprint density at radius 3 is 2.53 bits per heavy atom. The number of carbonyl (C=O) groups is 2. The molecule has 0 aliphatic rings. The lowest BCUT2D eigenvalue weighted by molar-refractivity contribution is -0.119. The Morgan fingerprint density at radius 1 is 1.10 bits per heavy atom. The fourth-order valence-electron chi connectivity index (χ4n) is 2.87. The number of amides is 1. The summed E-state index contributed by atoms with van der Waals surface area (Å²) in [4.78, 5) is 37.2. The molecule has 3 aromatic rings. The van der Waals surface area contributed by atoms with Gasteiger partial charge in [-0.3, -0.25) is 9.59 Å². The maximum Gasteiger partial charge on any atom is 0.359 e. The summed E-state index contributed by atoms with van der Waals surface area (Å²) in [6.07, 6.45) is 0. The number of para-hydroxylation sites is 2. The number of anilines is 1. The second-order valence-electron chi connectivity index (χ2n) is 6.20. The van der Waals surface area contributed by atoms with Crippen LogP contribution in [0.3, 0.4) is 0 Å². The molecular weight excluding hydrogens is 390 g/mol. The SMILES string of the molecule is CCOc1ccccc1NC(=O)COC(=O)c1nn(CCO)c(=O)c2ccccc12. The van der Waals surface area contributed by atoms with Crippen LogP contribution in [0, 0.1) is 0 Å². The minimum atomic E-state index is -0.855. The van der Waals surface area contributed by atoms with Crippen molar-refractivity contribution in [3.63, 3.8) is 0 Å². The molecule has 156 valence electrons. The lowest BCUT2D eigenvalue weighted by Crippen LogP contribution is -2.28. The number of benzene rings is 2. The van der Waals surface area contributed by atoms with Gasteiger partial charge in [0, 0.05) is 5.39 Å². The number of fused-ring (bicyclic) bond motifs is 1. The zero-order valence-corrected chi connectivity index (χ0v) is 16.3. The van der Waals surface area contributed by atoms with E-state index in [4.69, 9.17) is 14.6 Å². The van der Waals surface area contributed by atoms with E-state index in [0.717, 1.165) is 4.68 Å². The number of esters is 1. The minimum absolute atomic E-state index is 0.0708. The molecule has 0 spiro atoms. The first-order valence-corrected chi connectivity index (χ1v) is 9.34. The first kappa shape index (κ1) is 21.0. The van der Waals surface area contributed by atoms with Crippen molar-refractivity contribution in [2.75, 3.05) is 25.1 Å². The van der Waals surface area contributed by atoms with E-state index in [1.54, 1.807) is 48.5 Å². The Bertz CT molecular complexity index is 1130. The van der Waals surface area contributed by atoms with Crippen molar-refractivity contribution < 1.29 is 24.2 Å². The molecule has 30 heavy (non-hydrogen) atoms. The third-order valence-corrected chi connectivity index (χ3v) is 4.17. The Balaban J connectivity index is 1.77. The molecule has 9 nitrogen and oxygen atoms in total. The maximum absolute atomic E-state index is 12.6. The van der Waals surface area contributed by atoms with E-state index in [9.17, 15) is 14.4 Å². The molecular formula is C21H21N3O6. The highest BCUT2D eigenvalue weighted by atomic mass is 16.5. The second-order valence-corrected chi connectivity index (χ2v) is 6.20. The van der Waals surface area contributed by atoms with Crippen molar-refractivity contribution >= 4 is 28.3 Å². The van der Waals surface area contributed by atoms with Crippen molar-refractivity contribution in [1.29, 1.82) is 0 Å². The van der Waals surface area contributed by atoms with Crippen molar-refractivity contribution in [1.82, 2.24) is 9.78 Å². The Hall–Kier alpha value is -3.72. The number of carbonyl (C=O) groups excluding carboxylic acids is 2. The smallest absolute Gasteiger partial charge is 0.359 e. The lowest BCUT2D eigenvalue weighted by Gasteiger charge is -2.12. The molecule has 1 heterocycles. The van der Waals surface area contributed by atoms with Crippen LogP contribution in [0.15, 0.2) is 53.3 Å². The monoisotopic (exact) mass is 411 g/mol. The van der Waals surface area contributed by atoms with Gasteiger partial charge in [0.05, 0.1) is 30.8 Å². The molecule has 0 aliphatic carbocycles. The van der Waals surface area contributed by atoms with E-state index in [1.807, 2.05) is 6.92 Å². The van der Waals surface area contributed by atoms with E-state index in [2.05, 4.69) is 10.4 Å². The van der Waals surface area contributed by atoms with Crippen LogP contribution < -0.4 is 15.6 Å². The van der Waals surface area contributed by atoms with Gasteiger partial charge in [0.15, 0.2) is 12.3 Å². The van der Waals surface area contributed by atoms with Crippen LogP contribution in [0.4, 0.5) is 5.69 Å². The number of nitrogens with one attached hydrogen (secondary N) is 1. The molecule has 0 atom stereocenters. The standard InChI is InChI=1S/C21H21N3O6/c1-2-29-17-10-6-5-9-16(17)22-18(26)13-30-21(28)19-14-7-3-4-8-15(14)20(27)24(23-19)11-12-25/h3-10,25H,2,11-13H2,1H3,(H,22,26). The maximum atomic E-state index is 12.6. The Morgan fingerprint density at radius 2 is 1.80 bits per heavy atom. The summed E-state index contributed by atoms with van der Waals surface area (Å²) in [6, 6.07) is 13.3. The van der Waals surface area contributed by atoms with Gasteiger partial charge in [-0.1, -0.05) is 30.3 Å². The van der Waals surface area contributed by atoms with Gasteiger partial charge in [-0.05, 0) is 25.1 Å². The van der Waals surface area contributed by atoms with E-state index in [-0.39, 0.29) is 24.2 Å². The summed E-state index contributed by atoms with van der Waals surface area (Å²) < 4.78 is 11.6.